The first-order valence-electron chi connectivity index (χ1n) is 7.22. The SMILES string of the molecule is COC1CCCC(NCC2CCN(C)CC2)C1. The predicted octanol–water partition coefficient (Wildman–Crippen LogP) is 1.88. The molecule has 1 N–H and O–H groups in total. The molecule has 0 aromatic carbocycles. The molecule has 2 atom stereocenters. The van der Waals surface area contributed by atoms with Crippen molar-refractivity contribution in [1.29, 1.82) is 0 Å². The molecule has 2 aliphatic rings. The summed E-state index contributed by atoms with van der Waals surface area (Å²) in [7, 11) is 4.08. The van der Waals surface area contributed by atoms with Crippen LogP contribution in [0.15, 0.2) is 0 Å². The number of likely N-dealkylation sites (tertiary alicyclic amines) is 1. The molecule has 0 amide bonds. The molecular weight excluding hydrogens is 212 g/mol. The quantitative estimate of drug-likeness (QED) is 0.812. The van der Waals surface area contributed by atoms with Crippen molar-refractivity contribution in [3.8, 4) is 0 Å². The van der Waals surface area contributed by atoms with E-state index in [1.807, 2.05) is 7.11 Å². The Balaban J connectivity index is 1.64. The van der Waals surface area contributed by atoms with Gasteiger partial charge in [-0.05, 0) is 71.1 Å². The summed E-state index contributed by atoms with van der Waals surface area (Å²) in [5.74, 6) is 0.897. The highest BCUT2D eigenvalue weighted by molar-refractivity contribution is 4.80. The molecule has 1 aliphatic heterocycles. The van der Waals surface area contributed by atoms with E-state index >= 15 is 0 Å². The Kier molecular flexibility index (Phi) is 5.26. The number of nitrogens with one attached hydrogen (secondary N) is 1. The highest BCUT2D eigenvalue weighted by Gasteiger charge is 2.23. The standard InChI is InChI=1S/C14H28N2O/c1-16-8-6-12(7-9-16)11-15-13-4-3-5-14(10-13)17-2/h12-15H,3-11H2,1-2H3. The van der Waals surface area contributed by atoms with E-state index < -0.39 is 0 Å². The summed E-state index contributed by atoms with van der Waals surface area (Å²) >= 11 is 0. The van der Waals surface area contributed by atoms with Gasteiger partial charge in [-0.1, -0.05) is 0 Å². The zero-order valence-corrected chi connectivity index (χ0v) is 11.5. The van der Waals surface area contributed by atoms with Gasteiger partial charge in [0.2, 0.25) is 0 Å². The van der Waals surface area contributed by atoms with Gasteiger partial charge in [0.15, 0.2) is 0 Å². The number of hydrogen-bond acceptors (Lipinski definition) is 3. The molecular formula is C14H28N2O. The van der Waals surface area contributed by atoms with Crippen molar-refractivity contribution in [3.63, 3.8) is 0 Å². The number of hydrogen-bond donors (Lipinski definition) is 1. The summed E-state index contributed by atoms with van der Waals surface area (Å²) in [6, 6.07) is 0.702. The average molecular weight is 240 g/mol. The average Bonchev–Trinajstić information content (AvgIpc) is 2.38. The molecule has 0 aromatic rings. The first-order chi connectivity index (χ1) is 8.28. The van der Waals surface area contributed by atoms with E-state index in [1.165, 1.54) is 58.2 Å². The maximum atomic E-state index is 5.48. The van der Waals surface area contributed by atoms with Crippen LogP contribution >= 0.6 is 0 Å². The van der Waals surface area contributed by atoms with Gasteiger partial charge in [0.05, 0.1) is 6.10 Å². The van der Waals surface area contributed by atoms with E-state index in [9.17, 15) is 0 Å². The lowest BCUT2D eigenvalue weighted by Gasteiger charge is -2.33. The molecule has 0 aromatic heterocycles. The molecule has 1 aliphatic carbocycles. The molecule has 2 rings (SSSR count). The number of nitrogens with zero attached hydrogens (tertiary/aromatic N) is 1. The Morgan fingerprint density at radius 1 is 1.18 bits per heavy atom. The second-order valence-corrected chi connectivity index (χ2v) is 5.88. The largest absolute Gasteiger partial charge is 0.381 e. The Bertz CT molecular complexity index is 214. The fourth-order valence-electron chi connectivity index (χ4n) is 3.14. The zero-order valence-electron chi connectivity index (χ0n) is 11.5. The van der Waals surface area contributed by atoms with Crippen molar-refractivity contribution in [1.82, 2.24) is 10.2 Å². The second kappa shape index (κ2) is 6.72. The summed E-state index contributed by atoms with van der Waals surface area (Å²) in [4.78, 5) is 2.44. The van der Waals surface area contributed by atoms with Crippen molar-refractivity contribution in [2.24, 2.45) is 5.92 Å². The van der Waals surface area contributed by atoms with Crippen LogP contribution in [-0.4, -0.2) is 50.8 Å². The lowest BCUT2D eigenvalue weighted by atomic mass is 9.91. The lowest BCUT2D eigenvalue weighted by molar-refractivity contribution is 0.0575. The fraction of sp³-hybridized carbons (Fsp3) is 1.00. The predicted molar refractivity (Wildman–Crippen MR) is 71.3 cm³/mol. The molecule has 1 heterocycles. The number of piperidine rings is 1. The van der Waals surface area contributed by atoms with Gasteiger partial charge in [-0.3, -0.25) is 0 Å². The fourth-order valence-corrected chi connectivity index (χ4v) is 3.14. The smallest absolute Gasteiger partial charge is 0.0586 e. The van der Waals surface area contributed by atoms with E-state index in [2.05, 4.69) is 17.3 Å². The summed E-state index contributed by atoms with van der Waals surface area (Å²) in [5, 5.41) is 3.77. The summed E-state index contributed by atoms with van der Waals surface area (Å²) in [6.45, 7) is 3.77. The van der Waals surface area contributed by atoms with Crippen LogP contribution in [0.3, 0.4) is 0 Å². The van der Waals surface area contributed by atoms with Crippen molar-refractivity contribution >= 4 is 0 Å². The highest BCUT2D eigenvalue weighted by atomic mass is 16.5. The maximum Gasteiger partial charge on any atom is 0.0586 e. The minimum atomic E-state index is 0.499. The summed E-state index contributed by atoms with van der Waals surface area (Å²) in [6.07, 6.45) is 8.36. The van der Waals surface area contributed by atoms with Crippen LogP contribution in [0, 0.1) is 5.92 Å². The molecule has 1 saturated heterocycles. The van der Waals surface area contributed by atoms with Gasteiger partial charge in [-0.2, -0.15) is 0 Å². The third-order valence-corrected chi connectivity index (χ3v) is 4.49. The van der Waals surface area contributed by atoms with E-state index in [-0.39, 0.29) is 0 Å². The Hall–Kier alpha value is -0.120. The van der Waals surface area contributed by atoms with Crippen LogP contribution in [0.5, 0.6) is 0 Å². The Morgan fingerprint density at radius 2 is 1.94 bits per heavy atom. The van der Waals surface area contributed by atoms with Gasteiger partial charge in [0.25, 0.3) is 0 Å². The summed E-state index contributed by atoms with van der Waals surface area (Å²) in [5.41, 5.74) is 0. The lowest BCUT2D eigenvalue weighted by Crippen LogP contribution is -2.41. The third kappa shape index (κ3) is 4.23. The van der Waals surface area contributed by atoms with Crippen LogP contribution < -0.4 is 5.32 Å². The second-order valence-electron chi connectivity index (χ2n) is 5.88. The molecule has 2 fully saturated rings. The van der Waals surface area contributed by atoms with Crippen LogP contribution in [0.1, 0.15) is 38.5 Å². The molecule has 17 heavy (non-hydrogen) atoms. The highest BCUT2D eigenvalue weighted by Crippen LogP contribution is 2.22. The van der Waals surface area contributed by atoms with Gasteiger partial charge >= 0.3 is 0 Å². The third-order valence-electron chi connectivity index (χ3n) is 4.49. The topological polar surface area (TPSA) is 24.5 Å². The van der Waals surface area contributed by atoms with Crippen molar-refractivity contribution in [2.75, 3.05) is 33.8 Å². The molecule has 0 radical (unpaired) electrons. The van der Waals surface area contributed by atoms with Crippen LogP contribution in [0.25, 0.3) is 0 Å². The number of ether oxygens (including phenoxy) is 1. The molecule has 3 nitrogen and oxygen atoms in total. The van der Waals surface area contributed by atoms with Gasteiger partial charge < -0.3 is 15.0 Å². The van der Waals surface area contributed by atoms with Crippen LogP contribution in [0.4, 0.5) is 0 Å². The molecule has 1 saturated carbocycles. The van der Waals surface area contributed by atoms with Crippen molar-refractivity contribution < 1.29 is 4.74 Å². The first-order valence-corrected chi connectivity index (χ1v) is 7.22. The minimum Gasteiger partial charge on any atom is -0.381 e. The van der Waals surface area contributed by atoms with Crippen molar-refractivity contribution in [2.45, 2.75) is 50.7 Å². The molecule has 3 heteroatoms. The van der Waals surface area contributed by atoms with Gasteiger partial charge in [-0.25, -0.2) is 0 Å². The monoisotopic (exact) mass is 240 g/mol. The van der Waals surface area contributed by atoms with E-state index in [0.29, 0.717) is 12.1 Å². The van der Waals surface area contributed by atoms with E-state index in [1.54, 1.807) is 0 Å². The Labute approximate surface area is 106 Å². The number of rotatable bonds is 4. The van der Waals surface area contributed by atoms with Gasteiger partial charge in [0, 0.05) is 13.2 Å². The van der Waals surface area contributed by atoms with Crippen LogP contribution in [0.2, 0.25) is 0 Å². The van der Waals surface area contributed by atoms with Crippen molar-refractivity contribution in [3.05, 3.63) is 0 Å². The first kappa shape index (κ1) is 13.3. The molecule has 0 bridgehead atoms. The Morgan fingerprint density at radius 3 is 2.65 bits per heavy atom. The minimum absolute atomic E-state index is 0.499. The van der Waals surface area contributed by atoms with Gasteiger partial charge in [-0.15, -0.1) is 0 Å². The van der Waals surface area contributed by atoms with Gasteiger partial charge in [0.1, 0.15) is 0 Å². The van der Waals surface area contributed by atoms with E-state index in [4.69, 9.17) is 4.74 Å². The van der Waals surface area contributed by atoms with Crippen LogP contribution in [-0.2, 0) is 4.74 Å². The molecule has 100 valence electrons. The molecule has 2 unspecified atom stereocenters. The summed E-state index contributed by atoms with van der Waals surface area (Å²) < 4.78 is 5.48. The van der Waals surface area contributed by atoms with E-state index in [0.717, 1.165) is 5.92 Å². The maximum absolute atomic E-state index is 5.48. The number of methoxy groups -OCH3 is 1. The molecule has 0 spiro atoms. The zero-order chi connectivity index (χ0) is 12.1. The normalized spacial score (nSPS) is 32.8.